The van der Waals surface area contributed by atoms with Gasteiger partial charge in [0.1, 0.15) is 11.5 Å². The van der Waals surface area contributed by atoms with Crippen LogP contribution >= 0.6 is 11.8 Å². The highest BCUT2D eigenvalue weighted by molar-refractivity contribution is 8.14. The van der Waals surface area contributed by atoms with Crippen molar-refractivity contribution in [3.63, 3.8) is 0 Å². The number of nitrogens with zero attached hydrogens (tertiary/aromatic N) is 2. The lowest BCUT2D eigenvalue weighted by Crippen LogP contribution is -2.15. The number of aryl methyl sites for hydroxylation is 2. The molecule has 28 heavy (non-hydrogen) atoms. The van der Waals surface area contributed by atoms with Crippen LogP contribution in [0.2, 0.25) is 0 Å². The second kappa shape index (κ2) is 7.87. The quantitative estimate of drug-likeness (QED) is 0.593. The monoisotopic (exact) mass is 395 g/mol. The topological polar surface area (TPSA) is 66.2 Å². The molecule has 0 fully saturated rings. The highest BCUT2D eigenvalue weighted by Gasteiger charge is 2.30. The molecule has 5 nitrogen and oxygen atoms in total. The highest BCUT2D eigenvalue weighted by atomic mass is 32.2. The number of benzene rings is 2. The summed E-state index contributed by atoms with van der Waals surface area (Å²) in [5.41, 5.74) is 8.93. The molecule has 2 aliphatic rings. The van der Waals surface area contributed by atoms with Crippen LogP contribution in [0.25, 0.3) is 0 Å². The first kappa shape index (κ1) is 18.9. The number of fused-ring (bicyclic) bond motifs is 1. The van der Waals surface area contributed by atoms with Crippen LogP contribution in [0.3, 0.4) is 0 Å². The molecule has 0 aromatic heterocycles. The summed E-state index contributed by atoms with van der Waals surface area (Å²) in [7, 11) is 1.59. The fraction of sp³-hybridized carbons (Fsp3) is 0.364. The summed E-state index contributed by atoms with van der Waals surface area (Å²) in [6.07, 6.45) is 3.60. The predicted molar refractivity (Wildman–Crippen MR) is 116 cm³/mol. The van der Waals surface area contributed by atoms with Crippen molar-refractivity contribution in [2.75, 3.05) is 7.11 Å². The minimum atomic E-state index is -0.117. The van der Waals surface area contributed by atoms with Gasteiger partial charge in [0.2, 0.25) is 0 Å². The Morgan fingerprint density at radius 1 is 1.21 bits per heavy atom. The molecule has 0 spiro atoms. The van der Waals surface area contributed by atoms with Crippen molar-refractivity contribution in [2.45, 2.75) is 44.4 Å². The van der Waals surface area contributed by atoms with Crippen molar-refractivity contribution < 1.29 is 9.84 Å². The van der Waals surface area contributed by atoms with Crippen molar-refractivity contribution in [3.05, 3.63) is 58.7 Å². The van der Waals surface area contributed by atoms with Gasteiger partial charge in [0.15, 0.2) is 5.17 Å². The summed E-state index contributed by atoms with van der Waals surface area (Å²) < 4.78 is 5.16. The molecule has 2 aromatic rings. The van der Waals surface area contributed by atoms with Gasteiger partial charge in [0, 0.05) is 16.9 Å². The summed E-state index contributed by atoms with van der Waals surface area (Å²) >= 11 is 1.63. The smallest absolute Gasteiger partial charge is 0.178 e. The van der Waals surface area contributed by atoms with Crippen LogP contribution < -0.4 is 10.2 Å². The van der Waals surface area contributed by atoms with Crippen molar-refractivity contribution in [1.29, 1.82) is 0 Å². The Balaban J connectivity index is 1.49. The van der Waals surface area contributed by atoms with Gasteiger partial charge in [-0.2, -0.15) is 5.10 Å². The standard InChI is InChI=1S/C22H25N3O2S/c1-13(16-8-7-15-5-4-6-17(15)11-16)24-25-22-23-21(14(2)28-22)19-10-9-18(27-3)12-20(19)26/h7-12,14,21,26H,4-6H2,1-3H3,(H,23,25)/b24-13+. The van der Waals surface area contributed by atoms with E-state index >= 15 is 0 Å². The van der Waals surface area contributed by atoms with E-state index in [0.29, 0.717) is 5.75 Å². The Bertz CT molecular complexity index is 955. The van der Waals surface area contributed by atoms with Crippen LogP contribution in [-0.4, -0.2) is 28.3 Å². The lowest BCUT2D eigenvalue weighted by Gasteiger charge is -2.14. The first-order valence-electron chi connectivity index (χ1n) is 9.59. The molecular formula is C22H25N3O2S. The van der Waals surface area contributed by atoms with Crippen LogP contribution in [0.5, 0.6) is 11.5 Å². The fourth-order valence-corrected chi connectivity index (χ4v) is 4.73. The van der Waals surface area contributed by atoms with E-state index in [0.717, 1.165) is 28.4 Å². The molecule has 146 valence electrons. The zero-order valence-corrected chi connectivity index (χ0v) is 17.2. The molecule has 0 saturated heterocycles. The summed E-state index contributed by atoms with van der Waals surface area (Å²) in [4.78, 5) is 4.74. The van der Waals surface area contributed by atoms with E-state index < -0.39 is 0 Å². The van der Waals surface area contributed by atoms with E-state index in [-0.39, 0.29) is 17.0 Å². The number of methoxy groups -OCH3 is 1. The van der Waals surface area contributed by atoms with Crippen LogP contribution in [0.15, 0.2) is 46.5 Å². The van der Waals surface area contributed by atoms with E-state index in [1.807, 2.05) is 19.1 Å². The van der Waals surface area contributed by atoms with Crippen LogP contribution in [0.4, 0.5) is 0 Å². The van der Waals surface area contributed by atoms with Gasteiger partial charge < -0.3 is 9.84 Å². The van der Waals surface area contributed by atoms with E-state index in [1.54, 1.807) is 24.9 Å². The molecule has 1 aliphatic carbocycles. The number of phenols is 1. The normalized spacial score (nSPS) is 21.4. The number of hydrogen-bond acceptors (Lipinski definition) is 6. The fourth-order valence-electron chi connectivity index (χ4n) is 3.77. The minimum Gasteiger partial charge on any atom is -0.507 e. The number of thioether (sulfide) groups is 1. The number of aliphatic imine (C=N–C) groups is 1. The number of ether oxygens (including phenoxy) is 1. The zero-order chi connectivity index (χ0) is 19.7. The van der Waals surface area contributed by atoms with Crippen LogP contribution in [0.1, 0.15) is 48.6 Å². The number of amidine groups is 1. The van der Waals surface area contributed by atoms with Gasteiger partial charge in [0.25, 0.3) is 0 Å². The Morgan fingerprint density at radius 3 is 2.82 bits per heavy atom. The maximum absolute atomic E-state index is 10.3. The van der Waals surface area contributed by atoms with Gasteiger partial charge in [-0.1, -0.05) is 30.8 Å². The number of hydrazone groups is 1. The third-order valence-corrected chi connectivity index (χ3v) is 6.44. The molecule has 1 heterocycles. The summed E-state index contributed by atoms with van der Waals surface area (Å²) in [6, 6.07) is 11.9. The zero-order valence-electron chi connectivity index (χ0n) is 16.4. The number of phenolic OH excluding ortho intramolecular Hbond substituents is 1. The van der Waals surface area contributed by atoms with Crippen molar-refractivity contribution in [2.24, 2.45) is 10.1 Å². The first-order chi connectivity index (χ1) is 13.5. The Morgan fingerprint density at radius 2 is 2.04 bits per heavy atom. The number of rotatable bonds is 4. The molecule has 2 N–H and O–H groups in total. The maximum Gasteiger partial charge on any atom is 0.178 e. The molecule has 2 atom stereocenters. The third kappa shape index (κ3) is 3.74. The van der Waals surface area contributed by atoms with Crippen LogP contribution in [-0.2, 0) is 12.8 Å². The number of hydrogen-bond donors (Lipinski definition) is 2. The summed E-state index contributed by atoms with van der Waals surface area (Å²) in [5.74, 6) is 0.844. The van der Waals surface area contributed by atoms with Gasteiger partial charge in [-0.15, -0.1) is 0 Å². The second-order valence-electron chi connectivity index (χ2n) is 7.27. The minimum absolute atomic E-state index is 0.117. The van der Waals surface area contributed by atoms with Gasteiger partial charge in [-0.3, -0.25) is 10.4 Å². The van der Waals surface area contributed by atoms with Gasteiger partial charge in [-0.05, 0) is 61.1 Å². The van der Waals surface area contributed by atoms with E-state index in [2.05, 4.69) is 35.7 Å². The Kier molecular flexibility index (Phi) is 5.31. The molecule has 2 unspecified atom stereocenters. The largest absolute Gasteiger partial charge is 0.507 e. The number of nitrogens with one attached hydrogen (secondary N) is 1. The van der Waals surface area contributed by atoms with Gasteiger partial charge in [0.05, 0.1) is 18.9 Å². The predicted octanol–water partition coefficient (Wildman–Crippen LogP) is 4.44. The number of aromatic hydroxyl groups is 1. The lowest BCUT2D eigenvalue weighted by molar-refractivity contribution is 0.405. The van der Waals surface area contributed by atoms with E-state index in [9.17, 15) is 5.11 Å². The molecule has 0 saturated carbocycles. The van der Waals surface area contributed by atoms with Crippen molar-refractivity contribution in [1.82, 2.24) is 5.43 Å². The lowest BCUT2D eigenvalue weighted by atomic mass is 10.0. The van der Waals surface area contributed by atoms with E-state index in [4.69, 9.17) is 9.73 Å². The SMILES string of the molecule is COc1ccc(C2N=C(N/N=C(\C)c3ccc4c(c3)CCC4)SC2C)c(O)c1. The molecule has 6 heteroatoms. The highest BCUT2D eigenvalue weighted by Crippen LogP contribution is 2.41. The summed E-state index contributed by atoms with van der Waals surface area (Å²) in [5, 5.41) is 15.8. The maximum atomic E-state index is 10.3. The second-order valence-corrected chi connectivity index (χ2v) is 8.64. The average molecular weight is 396 g/mol. The molecule has 4 rings (SSSR count). The molecule has 2 aromatic carbocycles. The molecule has 0 bridgehead atoms. The molecule has 0 amide bonds. The Hall–Kier alpha value is -2.47. The molecular weight excluding hydrogens is 370 g/mol. The average Bonchev–Trinajstić information content (AvgIpc) is 3.31. The first-order valence-corrected chi connectivity index (χ1v) is 10.5. The van der Waals surface area contributed by atoms with Gasteiger partial charge >= 0.3 is 0 Å². The van der Waals surface area contributed by atoms with Crippen molar-refractivity contribution in [3.8, 4) is 11.5 Å². The molecule has 0 radical (unpaired) electrons. The Labute approximate surface area is 169 Å². The van der Waals surface area contributed by atoms with Gasteiger partial charge in [-0.25, -0.2) is 0 Å². The van der Waals surface area contributed by atoms with Crippen LogP contribution in [0, 0.1) is 0 Å². The molecule has 1 aliphatic heterocycles. The summed E-state index contributed by atoms with van der Waals surface area (Å²) in [6.45, 7) is 4.12. The third-order valence-electron chi connectivity index (χ3n) is 5.39. The van der Waals surface area contributed by atoms with E-state index in [1.165, 1.54) is 24.0 Å². The van der Waals surface area contributed by atoms with Crippen molar-refractivity contribution >= 4 is 22.6 Å².